The molecule has 3 aliphatic rings. The van der Waals surface area contributed by atoms with Gasteiger partial charge in [0.05, 0.1) is 0 Å². The number of carbonyl (C=O) groups is 1. The number of hydrogen-bond donors (Lipinski definition) is 1. The quantitative estimate of drug-likeness (QED) is 0.693. The molecule has 0 aliphatic carbocycles. The smallest absolute Gasteiger partial charge is 0.274 e. The van der Waals surface area contributed by atoms with Gasteiger partial charge in [-0.1, -0.05) is 29.6 Å². The van der Waals surface area contributed by atoms with Crippen LogP contribution in [0.1, 0.15) is 24.8 Å². The highest BCUT2D eigenvalue weighted by atomic mass is 35.5. The Hall–Kier alpha value is -2.41. The number of azo groups is 1. The normalized spacial score (nSPS) is 23.0. The summed E-state index contributed by atoms with van der Waals surface area (Å²) < 4.78 is 5.99. The number of hydrogen-bond acceptors (Lipinski definition) is 5. The molecule has 1 fully saturated rings. The van der Waals surface area contributed by atoms with Crippen LogP contribution in [0.25, 0.3) is 5.70 Å². The van der Waals surface area contributed by atoms with E-state index >= 15 is 0 Å². The zero-order valence-corrected chi connectivity index (χ0v) is 17.7. The van der Waals surface area contributed by atoms with Crippen LogP contribution in [-0.2, 0) is 4.79 Å². The molecule has 0 spiro atoms. The van der Waals surface area contributed by atoms with Crippen LogP contribution in [0.4, 0.5) is 5.69 Å². The van der Waals surface area contributed by atoms with Gasteiger partial charge in [0, 0.05) is 40.0 Å². The standard InChI is InChI=1S/C22H20Cl2N4O2/c23-14-4-7-16(8-5-14)25-21(29)22(28-10-2-1-3-11-28)18-13-30-19-12-15(24)6-9-17(19)20(18)26-27-22/h4-9,12H,1-3,10-11,13H2,(H,25,29). The molecule has 0 radical (unpaired) electrons. The Morgan fingerprint density at radius 1 is 1.03 bits per heavy atom. The average molecular weight is 443 g/mol. The summed E-state index contributed by atoms with van der Waals surface area (Å²) in [4.78, 5) is 15.8. The third-order valence-corrected chi connectivity index (χ3v) is 6.29. The molecule has 154 valence electrons. The van der Waals surface area contributed by atoms with E-state index in [9.17, 15) is 4.79 Å². The van der Waals surface area contributed by atoms with Crippen molar-refractivity contribution in [2.75, 3.05) is 25.0 Å². The van der Waals surface area contributed by atoms with Gasteiger partial charge in [-0.3, -0.25) is 9.69 Å². The number of nitrogens with one attached hydrogen (secondary N) is 1. The van der Waals surface area contributed by atoms with E-state index < -0.39 is 5.66 Å². The highest BCUT2D eigenvalue weighted by Crippen LogP contribution is 2.47. The third kappa shape index (κ3) is 3.20. The summed E-state index contributed by atoms with van der Waals surface area (Å²) in [6.07, 6.45) is 3.18. The maximum absolute atomic E-state index is 13.7. The number of carbonyl (C=O) groups excluding carboxylic acids is 1. The first-order chi connectivity index (χ1) is 14.6. The average Bonchev–Trinajstić information content (AvgIpc) is 3.17. The molecular weight excluding hydrogens is 423 g/mol. The van der Waals surface area contributed by atoms with Crippen molar-refractivity contribution in [2.45, 2.75) is 24.9 Å². The minimum absolute atomic E-state index is 0.235. The third-order valence-electron chi connectivity index (χ3n) is 5.80. The van der Waals surface area contributed by atoms with Crippen LogP contribution in [0.2, 0.25) is 10.0 Å². The van der Waals surface area contributed by atoms with Gasteiger partial charge in [-0.05, 0) is 55.3 Å². The van der Waals surface area contributed by atoms with Crippen molar-refractivity contribution >= 4 is 40.5 Å². The van der Waals surface area contributed by atoms with Crippen LogP contribution < -0.4 is 10.1 Å². The van der Waals surface area contributed by atoms with E-state index in [0.717, 1.165) is 43.5 Å². The van der Waals surface area contributed by atoms with Gasteiger partial charge in [0.2, 0.25) is 5.66 Å². The van der Waals surface area contributed by atoms with E-state index in [4.69, 9.17) is 27.9 Å². The number of ether oxygens (including phenoxy) is 1. The zero-order valence-electron chi connectivity index (χ0n) is 16.2. The fourth-order valence-electron chi connectivity index (χ4n) is 4.30. The number of rotatable bonds is 3. The molecule has 1 amide bonds. The molecule has 1 atom stereocenters. The lowest BCUT2D eigenvalue weighted by molar-refractivity contribution is -0.126. The minimum Gasteiger partial charge on any atom is -0.488 e. The first-order valence-electron chi connectivity index (χ1n) is 9.99. The Morgan fingerprint density at radius 2 is 1.77 bits per heavy atom. The number of halogens is 2. The summed E-state index contributed by atoms with van der Waals surface area (Å²) in [7, 11) is 0. The van der Waals surface area contributed by atoms with Gasteiger partial charge >= 0.3 is 0 Å². The highest BCUT2D eigenvalue weighted by molar-refractivity contribution is 6.31. The van der Waals surface area contributed by atoms with Crippen LogP contribution in [-0.4, -0.2) is 36.2 Å². The SMILES string of the molecule is O=C(Nc1ccc(Cl)cc1)C1(N2CCCCC2)N=NC2=C1COc1cc(Cl)ccc12. The second-order valence-electron chi connectivity index (χ2n) is 7.64. The van der Waals surface area contributed by atoms with Gasteiger partial charge in [0.1, 0.15) is 18.1 Å². The van der Waals surface area contributed by atoms with Gasteiger partial charge in [0.15, 0.2) is 0 Å². The van der Waals surface area contributed by atoms with Crippen LogP contribution >= 0.6 is 23.2 Å². The van der Waals surface area contributed by atoms with Crippen molar-refractivity contribution in [1.82, 2.24) is 4.90 Å². The molecule has 0 aromatic heterocycles. The second kappa shape index (κ2) is 7.69. The molecule has 8 heteroatoms. The molecule has 1 saturated heterocycles. The molecular formula is C22H20Cl2N4O2. The van der Waals surface area contributed by atoms with Crippen LogP contribution in [0, 0.1) is 0 Å². The monoisotopic (exact) mass is 442 g/mol. The van der Waals surface area contributed by atoms with Gasteiger partial charge in [-0.2, -0.15) is 10.2 Å². The molecule has 3 heterocycles. The van der Waals surface area contributed by atoms with E-state index in [-0.39, 0.29) is 12.5 Å². The summed E-state index contributed by atoms with van der Waals surface area (Å²) in [6.45, 7) is 1.79. The second-order valence-corrected chi connectivity index (χ2v) is 8.51. The summed E-state index contributed by atoms with van der Waals surface area (Å²) in [5.41, 5.74) is 1.72. The van der Waals surface area contributed by atoms with Gasteiger partial charge in [-0.15, -0.1) is 0 Å². The van der Waals surface area contributed by atoms with E-state index in [1.165, 1.54) is 0 Å². The largest absolute Gasteiger partial charge is 0.488 e. The van der Waals surface area contributed by atoms with Crippen molar-refractivity contribution in [2.24, 2.45) is 10.2 Å². The molecule has 0 bridgehead atoms. The van der Waals surface area contributed by atoms with Crippen LogP contribution in [0.15, 0.2) is 58.3 Å². The number of nitrogens with zero attached hydrogens (tertiary/aromatic N) is 3. The molecule has 2 aromatic carbocycles. The van der Waals surface area contributed by atoms with Crippen LogP contribution in [0.3, 0.4) is 0 Å². The van der Waals surface area contributed by atoms with Crippen LogP contribution in [0.5, 0.6) is 5.75 Å². The maximum atomic E-state index is 13.7. The fraction of sp³-hybridized carbons (Fsp3) is 0.318. The number of anilines is 1. The van der Waals surface area contributed by atoms with Crippen molar-refractivity contribution in [3.63, 3.8) is 0 Å². The lowest BCUT2D eigenvalue weighted by atomic mass is 9.90. The van der Waals surface area contributed by atoms with E-state index in [0.29, 0.717) is 27.2 Å². The molecule has 2 aromatic rings. The Labute approximate surface area is 184 Å². The molecule has 6 nitrogen and oxygen atoms in total. The highest BCUT2D eigenvalue weighted by Gasteiger charge is 2.54. The van der Waals surface area contributed by atoms with E-state index in [2.05, 4.69) is 20.4 Å². The molecule has 0 saturated carbocycles. The van der Waals surface area contributed by atoms with Gasteiger partial charge in [0.25, 0.3) is 5.91 Å². The molecule has 1 N–H and O–H groups in total. The number of likely N-dealkylation sites (tertiary alicyclic amines) is 1. The maximum Gasteiger partial charge on any atom is 0.274 e. The number of benzene rings is 2. The minimum atomic E-state index is -1.22. The predicted molar refractivity (Wildman–Crippen MR) is 117 cm³/mol. The van der Waals surface area contributed by atoms with Crippen molar-refractivity contribution in [1.29, 1.82) is 0 Å². The predicted octanol–water partition coefficient (Wildman–Crippen LogP) is 5.38. The molecule has 30 heavy (non-hydrogen) atoms. The molecule has 3 aliphatic heterocycles. The van der Waals surface area contributed by atoms with Crippen molar-refractivity contribution in [3.8, 4) is 5.75 Å². The fourth-order valence-corrected chi connectivity index (χ4v) is 4.59. The van der Waals surface area contributed by atoms with E-state index in [1.807, 2.05) is 6.07 Å². The van der Waals surface area contributed by atoms with Crippen molar-refractivity contribution in [3.05, 3.63) is 63.6 Å². The number of fused-ring (bicyclic) bond motifs is 2. The van der Waals surface area contributed by atoms with Gasteiger partial charge in [-0.25, -0.2) is 0 Å². The lowest BCUT2D eigenvalue weighted by Crippen LogP contribution is -2.58. The lowest BCUT2D eigenvalue weighted by Gasteiger charge is -2.40. The zero-order chi connectivity index (χ0) is 20.7. The van der Waals surface area contributed by atoms with E-state index in [1.54, 1.807) is 36.4 Å². The Morgan fingerprint density at radius 3 is 2.53 bits per heavy atom. The number of amides is 1. The molecule has 1 unspecified atom stereocenters. The first kappa shape index (κ1) is 19.5. The Bertz CT molecular complexity index is 1060. The number of piperidine rings is 1. The first-order valence-corrected chi connectivity index (χ1v) is 10.7. The Kier molecular flexibility index (Phi) is 5.01. The summed E-state index contributed by atoms with van der Waals surface area (Å²) in [5.74, 6) is 0.425. The van der Waals surface area contributed by atoms with Gasteiger partial charge < -0.3 is 10.1 Å². The summed E-state index contributed by atoms with van der Waals surface area (Å²) >= 11 is 12.1. The summed E-state index contributed by atoms with van der Waals surface area (Å²) in [6, 6.07) is 12.5. The topological polar surface area (TPSA) is 66.3 Å². The molecule has 5 rings (SSSR count). The van der Waals surface area contributed by atoms with Crippen molar-refractivity contribution < 1.29 is 9.53 Å². The summed E-state index contributed by atoms with van der Waals surface area (Å²) in [5, 5.41) is 13.3. The Balaban J connectivity index is 1.58.